The van der Waals surface area contributed by atoms with Gasteiger partial charge in [0.2, 0.25) is 5.95 Å². The standard InChI is InChI=1S/C23H26N8O2/c1-31-12-17-18(8-5-9-19(17)30-31)28-22-16(20-21(25)33-20)11-27-23(29-22)26-10-14(24)13-32-15-6-3-2-4-7-15/h2-9,11-12,14,20-21H,10,13,24-25H2,1H3,(H2,26,27,28,29)/t14-,20?,21?/m1/s1. The quantitative estimate of drug-likeness (QED) is 0.285. The lowest BCUT2D eigenvalue weighted by Gasteiger charge is -2.16. The van der Waals surface area contributed by atoms with E-state index in [-0.39, 0.29) is 18.4 Å². The molecule has 2 aromatic carbocycles. The molecule has 0 saturated carbocycles. The van der Waals surface area contributed by atoms with Crippen LogP contribution in [0.2, 0.25) is 0 Å². The van der Waals surface area contributed by atoms with Crippen LogP contribution >= 0.6 is 0 Å². The number of anilines is 3. The molecule has 170 valence electrons. The number of epoxide rings is 1. The summed E-state index contributed by atoms with van der Waals surface area (Å²) in [6.45, 7) is 0.817. The highest BCUT2D eigenvalue weighted by Crippen LogP contribution is 2.39. The summed E-state index contributed by atoms with van der Waals surface area (Å²) in [6, 6.07) is 15.2. The van der Waals surface area contributed by atoms with Gasteiger partial charge in [0, 0.05) is 36.9 Å². The Morgan fingerprint density at radius 1 is 1.18 bits per heavy atom. The van der Waals surface area contributed by atoms with Crippen LogP contribution in [0.15, 0.2) is 60.9 Å². The molecule has 1 saturated heterocycles. The zero-order chi connectivity index (χ0) is 22.8. The van der Waals surface area contributed by atoms with Crippen molar-refractivity contribution in [2.75, 3.05) is 23.8 Å². The van der Waals surface area contributed by atoms with Gasteiger partial charge in [-0.3, -0.25) is 4.68 Å². The zero-order valence-electron chi connectivity index (χ0n) is 18.2. The van der Waals surface area contributed by atoms with Crippen LogP contribution in [0.5, 0.6) is 5.75 Å². The maximum Gasteiger partial charge on any atom is 0.224 e. The third kappa shape index (κ3) is 4.87. The largest absolute Gasteiger partial charge is 0.492 e. The molecule has 3 atom stereocenters. The molecule has 3 heterocycles. The third-order valence-corrected chi connectivity index (χ3v) is 5.30. The smallest absolute Gasteiger partial charge is 0.224 e. The summed E-state index contributed by atoms with van der Waals surface area (Å²) in [5, 5.41) is 12.1. The number of hydrogen-bond donors (Lipinski definition) is 4. The predicted octanol–water partition coefficient (Wildman–Crippen LogP) is 2.28. The number of nitrogens with two attached hydrogens (primary N) is 2. The zero-order valence-corrected chi connectivity index (χ0v) is 18.2. The van der Waals surface area contributed by atoms with Gasteiger partial charge in [-0.05, 0) is 24.3 Å². The normalized spacial score (nSPS) is 18.2. The lowest BCUT2D eigenvalue weighted by atomic mass is 10.2. The maximum atomic E-state index is 6.20. The molecule has 0 radical (unpaired) electrons. The number of aromatic nitrogens is 4. The summed E-state index contributed by atoms with van der Waals surface area (Å²) in [5.74, 6) is 1.85. The first-order chi connectivity index (χ1) is 16.1. The summed E-state index contributed by atoms with van der Waals surface area (Å²) in [5.41, 5.74) is 14.7. The molecule has 1 aliphatic rings. The van der Waals surface area contributed by atoms with Gasteiger partial charge in [0.1, 0.15) is 30.5 Å². The lowest BCUT2D eigenvalue weighted by molar-refractivity contribution is 0.293. The maximum absolute atomic E-state index is 6.20. The van der Waals surface area contributed by atoms with Crippen molar-refractivity contribution in [3.8, 4) is 5.75 Å². The van der Waals surface area contributed by atoms with Crippen LogP contribution in [0.3, 0.4) is 0 Å². The Hall–Kier alpha value is -3.73. The van der Waals surface area contributed by atoms with E-state index in [4.69, 9.17) is 20.9 Å². The van der Waals surface area contributed by atoms with Gasteiger partial charge in [-0.1, -0.05) is 24.3 Å². The van der Waals surface area contributed by atoms with Crippen molar-refractivity contribution in [2.45, 2.75) is 18.4 Å². The number of aryl methyl sites for hydroxylation is 1. The van der Waals surface area contributed by atoms with Gasteiger partial charge in [0.05, 0.1) is 17.2 Å². The molecule has 5 rings (SSSR count). The molecule has 0 amide bonds. The van der Waals surface area contributed by atoms with Crippen molar-refractivity contribution in [1.29, 1.82) is 0 Å². The van der Waals surface area contributed by atoms with Crippen molar-refractivity contribution in [3.63, 3.8) is 0 Å². The van der Waals surface area contributed by atoms with Crippen LogP contribution in [0.4, 0.5) is 17.5 Å². The van der Waals surface area contributed by atoms with Crippen molar-refractivity contribution >= 4 is 28.4 Å². The van der Waals surface area contributed by atoms with E-state index >= 15 is 0 Å². The molecule has 1 fully saturated rings. The Kier molecular flexibility index (Phi) is 5.78. The highest BCUT2D eigenvalue weighted by atomic mass is 16.6. The second kappa shape index (κ2) is 9.02. The molecule has 2 unspecified atom stereocenters. The number of rotatable bonds is 9. The van der Waals surface area contributed by atoms with Gasteiger partial charge in [-0.2, -0.15) is 10.1 Å². The Bertz CT molecular complexity index is 1250. The molecule has 0 aliphatic carbocycles. The van der Waals surface area contributed by atoms with Gasteiger partial charge in [0.25, 0.3) is 0 Å². The minimum atomic E-state index is -0.356. The van der Waals surface area contributed by atoms with Crippen molar-refractivity contribution in [1.82, 2.24) is 19.7 Å². The molecule has 2 aromatic heterocycles. The Labute approximate surface area is 190 Å². The second-order valence-corrected chi connectivity index (χ2v) is 7.95. The lowest BCUT2D eigenvalue weighted by Crippen LogP contribution is -2.35. The summed E-state index contributed by atoms with van der Waals surface area (Å²) < 4.78 is 13.0. The van der Waals surface area contributed by atoms with Crippen LogP contribution in [-0.4, -0.2) is 45.2 Å². The number of fused-ring (bicyclic) bond motifs is 1. The van der Waals surface area contributed by atoms with Crippen LogP contribution in [0, 0.1) is 0 Å². The minimum absolute atomic E-state index is 0.240. The summed E-state index contributed by atoms with van der Waals surface area (Å²) >= 11 is 0. The first-order valence-corrected chi connectivity index (χ1v) is 10.7. The van der Waals surface area contributed by atoms with Crippen LogP contribution in [-0.2, 0) is 11.8 Å². The van der Waals surface area contributed by atoms with Crippen LogP contribution in [0.25, 0.3) is 10.9 Å². The molecule has 33 heavy (non-hydrogen) atoms. The molecule has 0 spiro atoms. The van der Waals surface area contributed by atoms with Gasteiger partial charge in [-0.25, -0.2) is 4.98 Å². The number of hydrogen-bond acceptors (Lipinski definition) is 9. The van der Waals surface area contributed by atoms with E-state index in [0.717, 1.165) is 27.9 Å². The monoisotopic (exact) mass is 446 g/mol. The molecule has 6 N–H and O–H groups in total. The molecule has 10 nitrogen and oxygen atoms in total. The van der Waals surface area contributed by atoms with Crippen LogP contribution < -0.4 is 26.8 Å². The average Bonchev–Trinajstić information content (AvgIpc) is 3.41. The van der Waals surface area contributed by atoms with Gasteiger partial charge < -0.3 is 31.6 Å². The van der Waals surface area contributed by atoms with E-state index < -0.39 is 0 Å². The fraction of sp³-hybridized carbons (Fsp3) is 0.261. The van der Waals surface area contributed by atoms with Gasteiger partial charge >= 0.3 is 0 Å². The van der Waals surface area contributed by atoms with Crippen molar-refractivity contribution < 1.29 is 9.47 Å². The Morgan fingerprint density at radius 2 is 2.00 bits per heavy atom. The highest BCUT2D eigenvalue weighted by Gasteiger charge is 2.39. The van der Waals surface area contributed by atoms with Crippen LogP contribution in [0.1, 0.15) is 11.7 Å². The fourth-order valence-electron chi connectivity index (χ4n) is 3.56. The number of nitrogens with one attached hydrogen (secondary N) is 2. The molecule has 0 bridgehead atoms. The fourth-order valence-corrected chi connectivity index (χ4v) is 3.56. The molecule has 10 heteroatoms. The second-order valence-electron chi connectivity index (χ2n) is 7.95. The number of para-hydroxylation sites is 1. The van der Waals surface area contributed by atoms with Gasteiger partial charge in [-0.15, -0.1) is 0 Å². The van der Waals surface area contributed by atoms with E-state index in [1.165, 1.54) is 0 Å². The topological polar surface area (TPSA) is 141 Å². The summed E-state index contributed by atoms with van der Waals surface area (Å²) in [4.78, 5) is 9.10. The molecular weight excluding hydrogens is 420 g/mol. The van der Waals surface area contributed by atoms with E-state index in [0.29, 0.717) is 24.9 Å². The predicted molar refractivity (Wildman–Crippen MR) is 126 cm³/mol. The van der Waals surface area contributed by atoms with Gasteiger partial charge in [0.15, 0.2) is 0 Å². The van der Waals surface area contributed by atoms with E-state index in [2.05, 4.69) is 25.7 Å². The van der Waals surface area contributed by atoms with E-state index in [1.807, 2.05) is 61.8 Å². The average molecular weight is 447 g/mol. The van der Waals surface area contributed by atoms with E-state index in [1.54, 1.807) is 10.9 Å². The third-order valence-electron chi connectivity index (χ3n) is 5.30. The molecular formula is C23H26N8O2. The van der Waals surface area contributed by atoms with Crippen molar-refractivity contribution in [2.24, 2.45) is 18.5 Å². The summed E-state index contributed by atoms with van der Waals surface area (Å²) in [7, 11) is 1.89. The number of ether oxygens (including phenoxy) is 2. The highest BCUT2D eigenvalue weighted by molar-refractivity contribution is 5.92. The van der Waals surface area contributed by atoms with E-state index in [9.17, 15) is 0 Å². The Morgan fingerprint density at radius 3 is 2.79 bits per heavy atom. The SMILES string of the molecule is Cn1cc2c(Nc3nc(NC[C@@H](N)COc4ccccc4)ncc3C3OC3N)cccc2n1. The number of nitrogens with zero attached hydrogens (tertiary/aromatic N) is 4. The minimum Gasteiger partial charge on any atom is -0.492 e. The first kappa shape index (κ1) is 21.1. The Balaban J connectivity index is 1.30. The van der Waals surface area contributed by atoms with Crippen molar-refractivity contribution in [3.05, 3.63) is 66.5 Å². The molecule has 1 aliphatic heterocycles. The molecule has 4 aromatic rings. The number of benzene rings is 2. The first-order valence-electron chi connectivity index (χ1n) is 10.7. The summed E-state index contributed by atoms with van der Waals surface area (Å²) in [6.07, 6.45) is 3.09.